The van der Waals surface area contributed by atoms with Gasteiger partial charge in [-0.3, -0.25) is 4.79 Å². The van der Waals surface area contributed by atoms with Gasteiger partial charge < -0.3 is 10.6 Å². The molecule has 3 nitrogen and oxygen atoms in total. The lowest BCUT2D eigenvalue weighted by Gasteiger charge is -2.09. The Morgan fingerprint density at radius 2 is 1.74 bits per heavy atom. The molecule has 1 saturated heterocycles. The lowest BCUT2D eigenvalue weighted by Crippen LogP contribution is -2.32. The van der Waals surface area contributed by atoms with Crippen molar-refractivity contribution in [1.29, 1.82) is 0 Å². The molecule has 1 atom stereocenters. The van der Waals surface area contributed by atoms with Crippen molar-refractivity contribution in [3.8, 4) is 0 Å². The molecule has 2 N–H and O–H groups in total. The van der Waals surface area contributed by atoms with Gasteiger partial charge in [0, 0.05) is 13.1 Å². The zero-order valence-corrected chi connectivity index (χ0v) is 13.2. The molecule has 0 aliphatic carbocycles. The minimum absolute atomic E-state index is 0. The minimum atomic E-state index is 0. The van der Waals surface area contributed by atoms with E-state index >= 15 is 0 Å². The molecule has 0 saturated carbocycles. The fraction of sp³-hybridized carbons (Fsp3) is 0.933. The molecule has 1 heterocycles. The van der Waals surface area contributed by atoms with Crippen molar-refractivity contribution in [2.24, 2.45) is 5.92 Å². The molecule has 1 rings (SSSR count). The molecule has 19 heavy (non-hydrogen) atoms. The Morgan fingerprint density at radius 3 is 2.32 bits per heavy atom. The number of unbranched alkanes of at least 4 members (excludes halogenated alkanes) is 7. The van der Waals surface area contributed by atoms with Gasteiger partial charge in [-0.1, -0.05) is 51.9 Å². The van der Waals surface area contributed by atoms with Crippen LogP contribution in [0, 0.1) is 5.92 Å². The summed E-state index contributed by atoms with van der Waals surface area (Å²) in [4.78, 5) is 11.7. The summed E-state index contributed by atoms with van der Waals surface area (Å²) in [6.45, 7) is 4.98. The second kappa shape index (κ2) is 12.7. The maximum Gasteiger partial charge on any atom is 0.224 e. The van der Waals surface area contributed by atoms with Gasteiger partial charge in [-0.25, -0.2) is 0 Å². The van der Waals surface area contributed by atoms with Gasteiger partial charge in [-0.15, -0.1) is 12.4 Å². The highest BCUT2D eigenvalue weighted by molar-refractivity contribution is 5.85. The van der Waals surface area contributed by atoms with E-state index in [1.54, 1.807) is 0 Å². The van der Waals surface area contributed by atoms with E-state index < -0.39 is 0 Å². The maximum absolute atomic E-state index is 11.7. The fourth-order valence-corrected chi connectivity index (χ4v) is 2.49. The van der Waals surface area contributed by atoms with Crippen molar-refractivity contribution in [3.63, 3.8) is 0 Å². The monoisotopic (exact) mass is 290 g/mol. The van der Waals surface area contributed by atoms with E-state index in [0.29, 0.717) is 0 Å². The summed E-state index contributed by atoms with van der Waals surface area (Å²) >= 11 is 0. The Bertz CT molecular complexity index is 218. The predicted octanol–water partition coefficient (Wildman–Crippen LogP) is 3.27. The van der Waals surface area contributed by atoms with E-state index in [0.717, 1.165) is 32.5 Å². The topological polar surface area (TPSA) is 41.1 Å². The van der Waals surface area contributed by atoms with Crippen LogP contribution in [0.5, 0.6) is 0 Å². The molecular weight excluding hydrogens is 260 g/mol. The summed E-state index contributed by atoms with van der Waals surface area (Å²) in [7, 11) is 0. The summed E-state index contributed by atoms with van der Waals surface area (Å²) in [5, 5.41) is 6.28. The maximum atomic E-state index is 11.7. The zero-order valence-electron chi connectivity index (χ0n) is 12.4. The van der Waals surface area contributed by atoms with E-state index in [2.05, 4.69) is 17.6 Å². The highest BCUT2D eigenvalue weighted by Crippen LogP contribution is 2.09. The standard InChI is InChI=1S/C15H30N2O.ClH/c1-2-3-4-5-6-7-8-9-11-17-15(18)14-10-12-16-13-14;/h14,16H,2-13H2,1H3,(H,17,18);1H. The van der Waals surface area contributed by atoms with Crippen LogP contribution in [0.1, 0.15) is 64.7 Å². The number of halogens is 1. The molecular formula is C15H31ClN2O. The van der Waals surface area contributed by atoms with Gasteiger partial charge in [0.05, 0.1) is 5.92 Å². The summed E-state index contributed by atoms with van der Waals surface area (Å²) in [6.07, 6.45) is 11.6. The summed E-state index contributed by atoms with van der Waals surface area (Å²) in [5.74, 6) is 0.474. The third-order valence-corrected chi connectivity index (χ3v) is 3.76. The van der Waals surface area contributed by atoms with Crippen LogP contribution >= 0.6 is 12.4 Å². The number of carbonyl (C=O) groups is 1. The molecule has 1 unspecified atom stereocenters. The first-order valence-corrected chi connectivity index (χ1v) is 7.83. The molecule has 0 spiro atoms. The predicted molar refractivity (Wildman–Crippen MR) is 83.8 cm³/mol. The third kappa shape index (κ3) is 9.28. The first-order chi connectivity index (χ1) is 8.84. The Hall–Kier alpha value is -0.280. The highest BCUT2D eigenvalue weighted by Gasteiger charge is 2.21. The number of amides is 1. The van der Waals surface area contributed by atoms with Gasteiger partial charge in [0.1, 0.15) is 0 Å². The molecule has 1 amide bonds. The first-order valence-electron chi connectivity index (χ1n) is 7.83. The number of carbonyl (C=O) groups excluding carboxylic acids is 1. The first kappa shape index (κ1) is 18.7. The van der Waals surface area contributed by atoms with Crippen molar-refractivity contribution >= 4 is 18.3 Å². The average molecular weight is 291 g/mol. The zero-order chi connectivity index (χ0) is 13.1. The van der Waals surface area contributed by atoms with Crippen molar-refractivity contribution in [3.05, 3.63) is 0 Å². The normalized spacial score (nSPS) is 18.1. The summed E-state index contributed by atoms with van der Waals surface area (Å²) in [6, 6.07) is 0. The van der Waals surface area contributed by atoms with Crippen LogP contribution in [0.4, 0.5) is 0 Å². The minimum Gasteiger partial charge on any atom is -0.356 e. The van der Waals surface area contributed by atoms with Crippen LogP contribution in [0.2, 0.25) is 0 Å². The molecule has 1 fully saturated rings. The third-order valence-electron chi connectivity index (χ3n) is 3.76. The second-order valence-corrected chi connectivity index (χ2v) is 5.46. The Morgan fingerprint density at radius 1 is 1.11 bits per heavy atom. The van der Waals surface area contributed by atoms with E-state index in [-0.39, 0.29) is 24.2 Å². The van der Waals surface area contributed by atoms with E-state index in [9.17, 15) is 4.79 Å². The largest absolute Gasteiger partial charge is 0.356 e. The van der Waals surface area contributed by atoms with E-state index in [1.165, 1.54) is 44.9 Å². The van der Waals surface area contributed by atoms with Crippen molar-refractivity contribution in [2.45, 2.75) is 64.7 Å². The van der Waals surface area contributed by atoms with Crippen LogP contribution < -0.4 is 10.6 Å². The molecule has 0 bridgehead atoms. The number of hydrogen-bond donors (Lipinski definition) is 2. The van der Waals surface area contributed by atoms with Crippen LogP contribution in [-0.2, 0) is 4.79 Å². The van der Waals surface area contributed by atoms with Crippen LogP contribution in [0.25, 0.3) is 0 Å². The van der Waals surface area contributed by atoms with Crippen LogP contribution in [-0.4, -0.2) is 25.5 Å². The number of nitrogens with one attached hydrogen (secondary N) is 2. The van der Waals surface area contributed by atoms with Crippen LogP contribution in [0.15, 0.2) is 0 Å². The second-order valence-electron chi connectivity index (χ2n) is 5.46. The molecule has 0 aromatic carbocycles. The SMILES string of the molecule is CCCCCCCCCCNC(=O)C1CCNC1.Cl. The smallest absolute Gasteiger partial charge is 0.224 e. The number of rotatable bonds is 10. The Kier molecular flexibility index (Phi) is 12.6. The van der Waals surface area contributed by atoms with Gasteiger partial charge >= 0.3 is 0 Å². The average Bonchev–Trinajstić information content (AvgIpc) is 2.90. The van der Waals surface area contributed by atoms with Gasteiger partial charge in [0.25, 0.3) is 0 Å². The Balaban J connectivity index is 0.00000324. The Labute approximate surface area is 124 Å². The van der Waals surface area contributed by atoms with Crippen molar-refractivity contribution < 1.29 is 4.79 Å². The summed E-state index contributed by atoms with van der Waals surface area (Å²) < 4.78 is 0. The summed E-state index contributed by atoms with van der Waals surface area (Å²) in [5.41, 5.74) is 0. The fourth-order valence-electron chi connectivity index (χ4n) is 2.49. The molecule has 114 valence electrons. The van der Waals surface area contributed by atoms with Gasteiger partial charge in [-0.05, 0) is 19.4 Å². The lowest BCUT2D eigenvalue weighted by atomic mass is 10.1. The van der Waals surface area contributed by atoms with Gasteiger partial charge in [-0.2, -0.15) is 0 Å². The molecule has 0 aromatic rings. The quantitative estimate of drug-likeness (QED) is 0.606. The molecule has 0 radical (unpaired) electrons. The molecule has 4 heteroatoms. The molecule has 1 aliphatic rings. The lowest BCUT2D eigenvalue weighted by molar-refractivity contribution is -0.124. The van der Waals surface area contributed by atoms with Crippen LogP contribution in [0.3, 0.4) is 0 Å². The van der Waals surface area contributed by atoms with E-state index in [4.69, 9.17) is 0 Å². The highest BCUT2D eigenvalue weighted by atomic mass is 35.5. The van der Waals surface area contributed by atoms with Gasteiger partial charge in [0.15, 0.2) is 0 Å². The molecule has 0 aromatic heterocycles. The van der Waals surface area contributed by atoms with Gasteiger partial charge in [0.2, 0.25) is 5.91 Å². The molecule has 1 aliphatic heterocycles. The van der Waals surface area contributed by atoms with Crippen molar-refractivity contribution in [2.75, 3.05) is 19.6 Å². The number of hydrogen-bond acceptors (Lipinski definition) is 2. The van der Waals surface area contributed by atoms with E-state index in [1.807, 2.05) is 0 Å². The van der Waals surface area contributed by atoms with Crippen molar-refractivity contribution in [1.82, 2.24) is 10.6 Å².